The fraction of sp³-hybridized carbons (Fsp3) is 1.00. The largest absolute Gasteiger partial charge is 0.373 e. The van der Waals surface area contributed by atoms with Gasteiger partial charge >= 0.3 is 0 Å². The molecule has 0 aliphatic heterocycles. The molecule has 0 fully saturated rings. The minimum absolute atomic E-state index is 0.0829. The molecular weight excluding hydrogens is 280 g/mol. The third-order valence-electron chi connectivity index (χ3n) is 3.25. The average Bonchev–Trinajstić information content (AvgIpc) is 2.34. The van der Waals surface area contributed by atoms with Crippen LogP contribution in [0.15, 0.2) is 0 Å². The van der Waals surface area contributed by atoms with Crippen LogP contribution in [0, 0.1) is 0 Å². The SMILES string of the molecule is CN(C)CCOC(CN(C)C)C(CN(C)C)OCCN(C)C. The van der Waals surface area contributed by atoms with E-state index >= 15 is 0 Å². The maximum absolute atomic E-state index is 6.14. The summed E-state index contributed by atoms with van der Waals surface area (Å²) in [5.41, 5.74) is 0. The van der Waals surface area contributed by atoms with Crippen LogP contribution in [0.4, 0.5) is 0 Å². The molecule has 0 saturated carbocycles. The molecule has 134 valence electrons. The zero-order valence-corrected chi connectivity index (χ0v) is 16.0. The smallest absolute Gasteiger partial charge is 0.0976 e. The van der Waals surface area contributed by atoms with Crippen molar-refractivity contribution in [1.29, 1.82) is 0 Å². The Bertz CT molecular complexity index is 235. The molecule has 0 aromatic heterocycles. The maximum Gasteiger partial charge on any atom is 0.0976 e. The second-order valence-corrected chi connectivity index (χ2v) is 6.95. The summed E-state index contributed by atoms with van der Waals surface area (Å²) in [7, 11) is 16.6. The Kier molecular flexibility index (Phi) is 12.1. The first-order valence-electron chi connectivity index (χ1n) is 8.04. The molecule has 22 heavy (non-hydrogen) atoms. The van der Waals surface area contributed by atoms with E-state index in [1.165, 1.54) is 0 Å². The van der Waals surface area contributed by atoms with Crippen molar-refractivity contribution in [2.45, 2.75) is 12.2 Å². The third kappa shape index (κ3) is 12.3. The lowest BCUT2D eigenvalue weighted by Crippen LogP contribution is -2.46. The summed E-state index contributed by atoms with van der Waals surface area (Å²) in [4.78, 5) is 8.61. The van der Waals surface area contributed by atoms with Crippen LogP contribution in [-0.2, 0) is 9.47 Å². The molecule has 0 aromatic carbocycles. The summed E-state index contributed by atoms with van der Waals surface area (Å²) in [6.45, 7) is 5.05. The van der Waals surface area contributed by atoms with Gasteiger partial charge < -0.3 is 29.1 Å². The molecule has 6 nitrogen and oxygen atoms in total. The molecule has 6 heteroatoms. The summed E-state index contributed by atoms with van der Waals surface area (Å²) >= 11 is 0. The van der Waals surface area contributed by atoms with Gasteiger partial charge in [0.15, 0.2) is 0 Å². The first-order valence-corrected chi connectivity index (χ1v) is 8.04. The van der Waals surface area contributed by atoms with Gasteiger partial charge in [-0.15, -0.1) is 0 Å². The number of likely N-dealkylation sites (N-methyl/N-ethyl adjacent to an activating group) is 4. The van der Waals surface area contributed by atoms with Crippen LogP contribution < -0.4 is 0 Å². The van der Waals surface area contributed by atoms with E-state index in [-0.39, 0.29) is 12.2 Å². The highest BCUT2D eigenvalue weighted by atomic mass is 16.5. The minimum atomic E-state index is 0.0829. The molecule has 0 aromatic rings. The Labute approximate surface area is 137 Å². The van der Waals surface area contributed by atoms with Crippen molar-refractivity contribution in [3.63, 3.8) is 0 Å². The lowest BCUT2D eigenvalue weighted by molar-refractivity contribution is -0.0908. The molecule has 0 rings (SSSR count). The van der Waals surface area contributed by atoms with Gasteiger partial charge in [0.05, 0.1) is 25.4 Å². The van der Waals surface area contributed by atoms with E-state index in [0.29, 0.717) is 0 Å². The number of hydrogen-bond acceptors (Lipinski definition) is 6. The van der Waals surface area contributed by atoms with Gasteiger partial charge in [-0.25, -0.2) is 0 Å². The van der Waals surface area contributed by atoms with Crippen LogP contribution in [0.2, 0.25) is 0 Å². The normalized spacial score (nSPS) is 15.3. The molecule has 0 aliphatic carbocycles. The number of nitrogens with zero attached hydrogens (tertiary/aromatic N) is 4. The number of rotatable bonds is 13. The van der Waals surface area contributed by atoms with Gasteiger partial charge in [0, 0.05) is 26.2 Å². The van der Waals surface area contributed by atoms with Crippen molar-refractivity contribution in [3.05, 3.63) is 0 Å². The summed E-state index contributed by atoms with van der Waals surface area (Å²) in [6, 6.07) is 0. The Morgan fingerprint density at radius 1 is 0.545 bits per heavy atom. The van der Waals surface area contributed by atoms with Crippen LogP contribution in [0.25, 0.3) is 0 Å². The van der Waals surface area contributed by atoms with Crippen molar-refractivity contribution >= 4 is 0 Å². The molecule has 0 heterocycles. The standard InChI is InChI=1S/C16H38N4O2/c1-17(2)9-11-21-15(13-19(5)6)16(14-20(7)8)22-12-10-18(3)4/h15-16H,9-14H2,1-8H3. The lowest BCUT2D eigenvalue weighted by Gasteiger charge is -2.32. The van der Waals surface area contributed by atoms with Gasteiger partial charge in [-0.05, 0) is 56.4 Å². The summed E-state index contributed by atoms with van der Waals surface area (Å²) < 4.78 is 12.3. The topological polar surface area (TPSA) is 31.4 Å². The Hall–Kier alpha value is -0.240. The fourth-order valence-corrected chi connectivity index (χ4v) is 2.05. The van der Waals surface area contributed by atoms with Gasteiger partial charge in [-0.3, -0.25) is 0 Å². The minimum Gasteiger partial charge on any atom is -0.373 e. The Balaban J connectivity index is 4.61. The molecule has 0 spiro atoms. The highest BCUT2D eigenvalue weighted by Crippen LogP contribution is 2.08. The van der Waals surface area contributed by atoms with Crippen molar-refractivity contribution in [2.75, 3.05) is 95.8 Å². The molecule has 0 N–H and O–H groups in total. The van der Waals surface area contributed by atoms with Crippen molar-refractivity contribution in [1.82, 2.24) is 19.6 Å². The van der Waals surface area contributed by atoms with Crippen LogP contribution in [-0.4, -0.2) is 128 Å². The molecular formula is C16H38N4O2. The van der Waals surface area contributed by atoms with Crippen LogP contribution in [0.3, 0.4) is 0 Å². The molecule has 0 radical (unpaired) electrons. The zero-order chi connectivity index (χ0) is 17.1. The first-order chi connectivity index (χ1) is 10.2. The highest BCUT2D eigenvalue weighted by Gasteiger charge is 2.24. The van der Waals surface area contributed by atoms with Crippen LogP contribution in [0.1, 0.15) is 0 Å². The number of hydrogen-bond donors (Lipinski definition) is 0. The Morgan fingerprint density at radius 3 is 1.09 bits per heavy atom. The molecule has 2 unspecified atom stereocenters. The third-order valence-corrected chi connectivity index (χ3v) is 3.25. The lowest BCUT2D eigenvalue weighted by atomic mass is 10.1. The van der Waals surface area contributed by atoms with E-state index in [0.717, 1.165) is 39.4 Å². The predicted molar refractivity (Wildman–Crippen MR) is 93.7 cm³/mol. The van der Waals surface area contributed by atoms with E-state index in [2.05, 4.69) is 76.0 Å². The summed E-state index contributed by atoms with van der Waals surface area (Å²) in [5, 5.41) is 0. The van der Waals surface area contributed by atoms with Gasteiger partial charge in [0.2, 0.25) is 0 Å². The summed E-state index contributed by atoms with van der Waals surface area (Å²) in [5.74, 6) is 0. The van der Waals surface area contributed by atoms with Gasteiger partial charge in [0.1, 0.15) is 0 Å². The van der Waals surface area contributed by atoms with E-state index < -0.39 is 0 Å². The van der Waals surface area contributed by atoms with E-state index in [9.17, 15) is 0 Å². The Morgan fingerprint density at radius 2 is 0.864 bits per heavy atom. The molecule has 0 aliphatic rings. The molecule has 0 saturated heterocycles. The van der Waals surface area contributed by atoms with E-state index in [4.69, 9.17) is 9.47 Å². The molecule has 0 bridgehead atoms. The van der Waals surface area contributed by atoms with Crippen LogP contribution in [0.5, 0.6) is 0 Å². The average molecular weight is 319 g/mol. The fourth-order valence-electron chi connectivity index (χ4n) is 2.05. The van der Waals surface area contributed by atoms with Crippen LogP contribution >= 0.6 is 0 Å². The quantitative estimate of drug-likeness (QED) is 0.475. The molecule has 0 amide bonds. The number of ether oxygens (including phenoxy) is 2. The zero-order valence-electron chi connectivity index (χ0n) is 16.0. The second kappa shape index (κ2) is 12.2. The van der Waals surface area contributed by atoms with Crippen molar-refractivity contribution < 1.29 is 9.47 Å². The monoisotopic (exact) mass is 318 g/mol. The predicted octanol–water partition coefficient (Wildman–Crippen LogP) is 0.00320. The van der Waals surface area contributed by atoms with Gasteiger partial charge in [-0.1, -0.05) is 0 Å². The van der Waals surface area contributed by atoms with E-state index in [1.807, 2.05) is 0 Å². The first kappa shape index (κ1) is 21.8. The summed E-state index contributed by atoms with van der Waals surface area (Å²) in [6.07, 6.45) is 0.166. The van der Waals surface area contributed by atoms with Crippen molar-refractivity contribution in [3.8, 4) is 0 Å². The van der Waals surface area contributed by atoms with E-state index in [1.54, 1.807) is 0 Å². The highest BCUT2D eigenvalue weighted by molar-refractivity contribution is 4.76. The van der Waals surface area contributed by atoms with Crippen molar-refractivity contribution in [2.24, 2.45) is 0 Å². The van der Waals surface area contributed by atoms with Gasteiger partial charge in [-0.2, -0.15) is 0 Å². The second-order valence-electron chi connectivity index (χ2n) is 6.95. The maximum atomic E-state index is 6.14. The van der Waals surface area contributed by atoms with Gasteiger partial charge in [0.25, 0.3) is 0 Å². The molecule has 2 atom stereocenters.